The van der Waals surface area contributed by atoms with E-state index in [0.29, 0.717) is 12.8 Å². The van der Waals surface area contributed by atoms with E-state index in [0.717, 1.165) is 25.2 Å². The molecule has 0 aliphatic carbocycles. The fourth-order valence-electron chi connectivity index (χ4n) is 1.86. The SMILES string of the molecule is Cl.O=[N+]([O-])c1ccc(S(=O)(=O)OC2CCNCC2)cc1. The normalized spacial score (nSPS) is 16.4. The number of rotatable bonds is 4. The van der Waals surface area contributed by atoms with Gasteiger partial charge in [0.05, 0.1) is 15.9 Å². The maximum Gasteiger partial charge on any atom is 0.297 e. The quantitative estimate of drug-likeness (QED) is 0.512. The Morgan fingerprint density at radius 2 is 1.75 bits per heavy atom. The van der Waals surface area contributed by atoms with Gasteiger partial charge in [0.15, 0.2) is 0 Å². The lowest BCUT2D eigenvalue weighted by molar-refractivity contribution is -0.384. The molecule has 1 N–H and O–H groups in total. The monoisotopic (exact) mass is 322 g/mol. The minimum Gasteiger partial charge on any atom is -0.317 e. The molecule has 1 aromatic rings. The van der Waals surface area contributed by atoms with Gasteiger partial charge in [-0.3, -0.25) is 14.3 Å². The van der Waals surface area contributed by atoms with E-state index in [1.54, 1.807) is 0 Å². The van der Waals surface area contributed by atoms with Gasteiger partial charge in [0.1, 0.15) is 0 Å². The number of hydrogen-bond acceptors (Lipinski definition) is 6. The number of benzene rings is 1. The molecule has 1 fully saturated rings. The Morgan fingerprint density at radius 3 is 2.25 bits per heavy atom. The van der Waals surface area contributed by atoms with E-state index in [9.17, 15) is 18.5 Å². The molecule has 0 amide bonds. The predicted molar refractivity (Wildman–Crippen MR) is 74.5 cm³/mol. The van der Waals surface area contributed by atoms with Crippen LogP contribution >= 0.6 is 12.4 Å². The third kappa shape index (κ3) is 4.14. The molecule has 1 saturated heterocycles. The second-order valence-corrected chi connectivity index (χ2v) is 5.82. The smallest absolute Gasteiger partial charge is 0.297 e. The summed E-state index contributed by atoms with van der Waals surface area (Å²) >= 11 is 0. The van der Waals surface area contributed by atoms with Crippen LogP contribution in [0.4, 0.5) is 5.69 Å². The molecule has 0 aromatic heterocycles. The lowest BCUT2D eigenvalue weighted by Crippen LogP contribution is -2.33. The van der Waals surface area contributed by atoms with E-state index in [1.807, 2.05) is 0 Å². The van der Waals surface area contributed by atoms with Crippen molar-refractivity contribution in [3.05, 3.63) is 34.4 Å². The van der Waals surface area contributed by atoms with Gasteiger partial charge in [-0.2, -0.15) is 8.42 Å². The summed E-state index contributed by atoms with van der Waals surface area (Å²) in [5.74, 6) is 0. The number of nitrogens with zero attached hydrogens (tertiary/aromatic N) is 1. The van der Waals surface area contributed by atoms with Crippen LogP contribution in [0.5, 0.6) is 0 Å². The minimum absolute atomic E-state index is 0. The van der Waals surface area contributed by atoms with Crippen molar-refractivity contribution in [1.82, 2.24) is 5.32 Å². The largest absolute Gasteiger partial charge is 0.317 e. The van der Waals surface area contributed by atoms with Crippen LogP contribution in [-0.2, 0) is 14.3 Å². The van der Waals surface area contributed by atoms with Gasteiger partial charge in [-0.05, 0) is 38.1 Å². The van der Waals surface area contributed by atoms with Gasteiger partial charge in [0.25, 0.3) is 15.8 Å². The average molecular weight is 323 g/mol. The molecule has 0 saturated carbocycles. The van der Waals surface area contributed by atoms with E-state index in [1.165, 1.54) is 12.1 Å². The Morgan fingerprint density at radius 1 is 1.20 bits per heavy atom. The van der Waals surface area contributed by atoms with Crippen LogP contribution < -0.4 is 5.32 Å². The molecular formula is C11H15ClN2O5S. The molecule has 1 aliphatic rings. The Kier molecular flexibility index (Phi) is 5.88. The molecule has 1 aromatic carbocycles. The average Bonchev–Trinajstić information content (AvgIpc) is 2.39. The molecule has 1 aliphatic heterocycles. The van der Waals surface area contributed by atoms with Gasteiger partial charge in [0, 0.05) is 12.1 Å². The van der Waals surface area contributed by atoms with Crippen molar-refractivity contribution in [3.63, 3.8) is 0 Å². The molecule has 0 unspecified atom stereocenters. The lowest BCUT2D eigenvalue weighted by Gasteiger charge is -2.22. The Hall–Kier alpha value is -1.22. The summed E-state index contributed by atoms with van der Waals surface area (Å²) in [5.41, 5.74) is -0.152. The van der Waals surface area contributed by atoms with E-state index in [2.05, 4.69) is 5.32 Å². The third-order valence-electron chi connectivity index (χ3n) is 2.89. The number of non-ortho nitro benzene ring substituents is 1. The molecule has 20 heavy (non-hydrogen) atoms. The molecule has 0 radical (unpaired) electrons. The first kappa shape index (κ1) is 16.8. The maximum atomic E-state index is 12.0. The number of halogens is 1. The maximum absolute atomic E-state index is 12.0. The zero-order chi connectivity index (χ0) is 13.9. The van der Waals surface area contributed by atoms with Crippen molar-refractivity contribution in [3.8, 4) is 0 Å². The number of piperidine rings is 1. The van der Waals surface area contributed by atoms with Crippen LogP contribution in [0.15, 0.2) is 29.2 Å². The summed E-state index contributed by atoms with van der Waals surface area (Å²) in [6.07, 6.45) is 0.930. The summed E-state index contributed by atoms with van der Waals surface area (Å²) in [4.78, 5) is 9.86. The van der Waals surface area contributed by atoms with Crippen LogP contribution in [0.3, 0.4) is 0 Å². The third-order valence-corrected chi connectivity index (χ3v) is 4.26. The van der Waals surface area contributed by atoms with Crippen molar-refractivity contribution < 1.29 is 17.5 Å². The van der Waals surface area contributed by atoms with Crippen molar-refractivity contribution in [1.29, 1.82) is 0 Å². The van der Waals surface area contributed by atoms with E-state index in [4.69, 9.17) is 4.18 Å². The standard InChI is InChI=1S/C11H14N2O5S.ClH/c14-13(15)9-1-3-11(4-2-9)19(16,17)18-10-5-7-12-8-6-10;/h1-4,10,12H,5-8H2;1H. The number of nitro groups is 1. The van der Waals surface area contributed by atoms with Crippen LogP contribution in [0, 0.1) is 10.1 Å². The number of nitro benzene ring substituents is 1. The molecule has 112 valence electrons. The van der Waals surface area contributed by atoms with E-state index < -0.39 is 15.0 Å². The van der Waals surface area contributed by atoms with Crippen LogP contribution in [0.2, 0.25) is 0 Å². The van der Waals surface area contributed by atoms with Crippen molar-refractivity contribution in [2.24, 2.45) is 0 Å². The second kappa shape index (κ2) is 6.98. The number of hydrogen-bond donors (Lipinski definition) is 1. The lowest BCUT2D eigenvalue weighted by atomic mass is 10.1. The molecule has 0 atom stereocenters. The van der Waals surface area contributed by atoms with Gasteiger partial charge in [-0.15, -0.1) is 12.4 Å². The van der Waals surface area contributed by atoms with Crippen LogP contribution in [-0.4, -0.2) is 32.5 Å². The van der Waals surface area contributed by atoms with Crippen molar-refractivity contribution in [2.45, 2.75) is 23.8 Å². The fraction of sp³-hybridized carbons (Fsp3) is 0.455. The topological polar surface area (TPSA) is 98.5 Å². The predicted octanol–water partition coefficient (Wildman–Crippen LogP) is 1.47. The Labute approximate surface area is 123 Å². The minimum atomic E-state index is -3.85. The number of nitrogens with one attached hydrogen (secondary N) is 1. The van der Waals surface area contributed by atoms with Gasteiger partial charge in [-0.1, -0.05) is 0 Å². The van der Waals surface area contributed by atoms with Crippen LogP contribution in [0.25, 0.3) is 0 Å². The van der Waals surface area contributed by atoms with Gasteiger partial charge in [0.2, 0.25) is 0 Å². The first-order valence-corrected chi connectivity index (χ1v) is 7.28. The van der Waals surface area contributed by atoms with Crippen molar-refractivity contribution in [2.75, 3.05) is 13.1 Å². The first-order chi connectivity index (χ1) is 8.99. The Balaban J connectivity index is 0.00000200. The molecule has 1 heterocycles. The highest BCUT2D eigenvalue weighted by Crippen LogP contribution is 2.20. The van der Waals surface area contributed by atoms with E-state index >= 15 is 0 Å². The second-order valence-electron chi connectivity index (χ2n) is 4.25. The summed E-state index contributed by atoms with van der Waals surface area (Å²) in [6, 6.07) is 4.68. The van der Waals surface area contributed by atoms with E-state index in [-0.39, 0.29) is 29.1 Å². The summed E-state index contributed by atoms with van der Waals surface area (Å²) < 4.78 is 29.1. The first-order valence-electron chi connectivity index (χ1n) is 5.87. The molecular weight excluding hydrogens is 308 g/mol. The molecule has 0 bridgehead atoms. The highest BCUT2D eigenvalue weighted by atomic mass is 35.5. The molecule has 2 rings (SSSR count). The molecule has 7 nitrogen and oxygen atoms in total. The van der Waals surface area contributed by atoms with Gasteiger partial charge >= 0.3 is 0 Å². The van der Waals surface area contributed by atoms with Gasteiger partial charge in [-0.25, -0.2) is 0 Å². The van der Waals surface area contributed by atoms with Crippen molar-refractivity contribution >= 4 is 28.2 Å². The fourth-order valence-corrected chi connectivity index (χ4v) is 2.99. The van der Waals surface area contributed by atoms with Crippen LogP contribution in [0.1, 0.15) is 12.8 Å². The highest BCUT2D eigenvalue weighted by molar-refractivity contribution is 7.86. The summed E-state index contributed by atoms with van der Waals surface area (Å²) in [6.45, 7) is 1.45. The zero-order valence-electron chi connectivity index (χ0n) is 10.5. The zero-order valence-corrected chi connectivity index (χ0v) is 12.2. The summed E-state index contributed by atoms with van der Waals surface area (Å²) in [7, 11) is -3.85. The Bertz CT molecular complexity index is 555. The molecule has 0 spiro atoms. The molecule has 9 heteroatoms. The summed E-state index contributed by atoms with van der Waals surface area (Å²) in [5, 5.41) is 13.6. The van der Waals surface area contributed by atoms with Gasteiger partial charge < -0.3 is 5.32 Å². The highest BCUT2D eigenvalue weighted by Gasteiger charge is 2.23.